The third-order valence-corrected chi connectivity index (χ3v) is 2.51. The average molecular weight is 191 g/mol. The maximum absolute atomic E-state index is 3.44. The first kappa shape index (κ1) is 11.3. The topological polar surface area (TPSA) is 12.0 Å². The van der Waals surface area contributed by atoms with E-state index < -0.39 is 0 Å². The average Bonchev–Trinajstić information content (AvgIpc) is 2.75. The molecule has 1 aromatic carbocycles. The van der Waals surface area contributed by atoms with Gasteiger partial charge in [0.15, 0.2) is 0 Å². The van der Waals surface area contributed by atoms with Crippen molar-refractivity contribution in [1.29, 1.82) is 0 Å². The molecule has 0 spiro atoms. The molecular weight excluding hydrogens is 170 g/mol. The van der Waals surface area contributed by atoms with Gasteiger partial charge in [0.05, 0.1) is 0 Å². The first-order valence-electron chi connectivity index (χ1n) is 5.67. The van der Waals surface area contributed by atoms with E-state index in [4.69, 9.17) is 0 Å². The Hall–Kier alpha value is -0.820. The fraction of sp³-hybridized carbons (Fsp3) is 0.538. The molecule has 1 N–H and O–H groups in total. The van der Waals surface area contributed by atoms with Crippen LogP contribution in [0.3, 0.4) is 0 Å². The molecule has 1 aromatic rings. The van der Waals surface area contributed by atoms with Crippen LogP contribution in [-0.2, 0) is 0 Å². The molecule has 0 atom stereocenters. The third kappa shape index (κ3) is 5.03. The predicted molar refractivity (Wildman–Crippen MR) is 62.4 cm³/mol. The lowest BCUT2D eigenvalue weighted by atomic mass is 10.2. The van der Waals surface area contributed by atoms with Gasteiger partial charge in [-0.1, -0.05) is 56.2 Å². The summed E-state index contributed by atoms with van der Waals surface area (Å²) in [5, 5.41) is 3.44. The van der Waals surface area contributed by atoms with Gasteiger partial charge in [-0.15, -0.1) is 0 Å². The van der Waals surface area contributed by atoms with Crippen molar-refractivity contribution in [2.75, 3.05) is 6.54 Å². The SMILES string of the molecule is CCNC1CCCC1.c1ccccc1. The van der Waals surface area contributed by atoms with Crippen molar-refractivity contribution in [2.45, 2.75) is 38.6 Å². The Bertz CT molecular complexity index is 175. The summed E-state index contributed by atoms with van der Waals surface area (Å²) in [5.41, 5.74) is 0. The zero-order chi connectivity index (χ0) is 10.1. The summed E-state index contributed by atoms with van der Waals surface area (Å²) in [6.07, 6.45) is 5.71. The minimum Gasteiger partial charge on any atom is -0.314 e. The van der Waals surface area contributed by atoms with Gasteiger partial charge in [-0.3, -0.25) is 0 Å². The van der Waals surface area contributed by atoms with Crippen molar-refractivity contribution in [1.82, 2.24) is 5.32 Å². The second kappa shape index (κ2) is 7.57. The Morgan fingerprint density at radius 3 is 1.71 bits per heavy atom. The predicted octanol–water partition coefficient (Wildman–Crippen LogP) is 3.23. The second-order valence-electron chi connectivity index (χ2n) is 3.69. The number of nitrogens with one attached hydrogen (secondary N) is 1. The summed E-state index contributed by atoms with van der Waals surface area (Å²) >= 11 is 0. The van der Waals surface area contributed by atoms with Gasteiger partial charge in [-0.05, 0) is 19.4 Å². The highest BCUT2D eigenvalue weighted by atomic mass is 14.9. The van der Waals surface area contributed by atoms with E-state index in [0.717, 1.165) is 12.6 Å². The zero-order valence-corrected chi connectivity index (χ0v) is 9.08. The van der Waals surface area contributed by atoms with E-state index >= 15 is 0 Å². The summed E-state index contributed by atoms with van der Waals surface area (Å²) < 4.78 is 0. The molecule has 0 bridgehead atoms. The van der Waals surface area contributed by atoms with E-state index in [1.54, 1.807) is 0 Å². The molecule has 1 nitrogen and oxygen atoms in total. The van der Waals surface area contributed by atoms with Gasteiger partial charge in [0.2, 0.25) is 0 Å². The maximum Gasteiger partial charge on any atom is 0.00669 e. The molecule has 0 unspecified atom stereocenters. The molecule has 0 saturated heterocycles. The summed E-state index contributed by atoms with van der Waals surface area (Å²) in [6, 6.07) is 12.9. The number of rotatable bonds is 2. The van der Waals surface area contributed by atoms with Crippen LogP contribution < -0.4 is 5.32 Å². The smallest absolute Gasteiger partial charge is 0.00669 e. The van der Waals surface area contributed by atoms with Crippen molar-refractivity contribution >= 4 is 0 Å². The van der Waals surface area contributed by atoms with Crippen LogP contribution in [0.25, 0.3) is 0 Å². The zero-order valence-electron chi connectivity index (χ0n) is 9.08. The van der Waals surface area contributed by atoms with E-state index in [2.05, 4.69) is 12.2 Å². The summed E-state index contributed by atoms with van der Waals surface area (Å²) in [6.45, 7) is 3.32. The second-order valence-corrected chi connectivity index (χ2v) is 3.69. The molecular formula is C13H21N. The lowest BCUT2D eigenvalue weighted by Gasteiger charge is -2.07. The number of hydrogen-bond donors (Lipinski definition) is 1. The Labute approximate surface area is 87.5 Å². The lowest BCUT2D eigenvalue weighted by molar-refractivity contribution is 0.542. The molecule has 78 valence electrons. The lowest BCUT2D eigenvalue weighted by Crippen LogP contribution is -2.24. The third-order valence-electron chi connectivity index (χ3n) is 2.51. The van der Waals surface area contributed by atoms with E-state index in [0.29, 0.717) is 0 Å². The summed E-state index contributed by atoms with van der Waals surface area (Å²) in [7, 11) is 0. The van der Waals surface area contributed by atoms with Crippen molar-refractivity contribution < 1.29 is 0 Å². The summed E-state index contributed by atoms with van der Waals surface area (Å²) in [4.78, 5) is 0. The molecule has 1 heteroatoms. The minimum atomic E-state index is 0.861. The Morgan fingerprint density at radius 1 is 0.929 bits per heavy atom. The standard InChI is InChI=1S/C7H15N.C6H6/c1-2-8-7-5-3-4-6-7;1-2-4-6-5-3-1/h7-8H,2-6H2,1H3;1-6H. The van der Waals surface area contributed by atoms with E-state index in [-0.39, 0.29) is 0 Å². The fourth-order valence-electron chi connectivity index (χ4n) is 1.80. The van der Waals surface area contributed by atoms with E-state index in [9.17, 15) is 0 Å². The first-order chi connectivity index (χ1) is 6.93. The molecule has 0 aliphatic heterocycles. The van der Waals surface area contributed by atoms with Crippen LogP contribution in [0.5, 0.6) is 0 Å². The Kier molecular flexibility index (Phi) is 6.09. The van der Waals surface area contributed by atoms with Crippen molar-refractivity contribution in [3.63, 3.8) is 0 Å². The van der Waals surface area contributed by atoms with Gasteiger partial charge in [0.1, 0.15) is 0 Å². The minimum absolute atomic E-state index is 0.861. The monoisotopic (exact) mass is 191 g/mol. The van der Waals surface area contributed by atoms with Gasteiger partial charge >= 0.3 is 0 Å². The van der Waals surface area contributed by atoms with Crippen LogP contribution in [0.4, 0.5) is 0 Å². The Balaban J connectivity index is 0.000000146. The van der Waals surface area contributed by atoms with Crippen LogP contribution in [0, 0.1) is 0 Å². The molecule has 1 saturated carbocycles. The van der Waals surface area contributed by atoms with E-state index in [1.807, 2.05) is 36.4 Å². The van der Waals surface area contributed by atoms with Gasteiger partial charge in [0.25, 0.3) is 0 Å². The van der Waals surface area contributed by atoms with Crippen molar-refractivity contribution in [3.8, 4) is 0 Å². The van der Waals surface area contributed by atoms with Gasteiger partial charge < -0.3 is 5.32 Å². The molecule has 1 aliphatic carbocycles. The molecule has 0 heterocycles. The highest BCUT2D eigenvalue weighted by Crippen LogP contribution is 2.16. The Morgan fingerprint density at radius 2 is 1.36 bits per heavy atom. The number of hydrogen-bond acceptors (Lipinski definition) is 1. The van der Waals surface area contributed by atoms with Crippen LogP contribution in [0.2, 0.25) is 0 Å². The highest BCUT2D eigenvalue weighted by molar-refractivity contribution is 4.99. The molecule has 1 aliphatic rings. The van der Waals surface area contributed by atoms with Crippen LogP contribution in [-0.4, -0.2) is 12.6 Å². The maximum atomic E-state index is 3.44. The van der Waals surface area contributed by atoms with Gasteiger partial charge in [-0.25, -0.2) is 0 Å². The van der Waals surface area contributed by atoms with Gasteiger partial charge in [0, 0.05) is 6.04 Å². The quantitative estimate of drug-likeness (QED) is 0.757. The molecule has 1 fully saturated rings. The van der Waals surface area contributed by atoms with Crippen LogP contribution in [0.1, 0.15) is 32.6 Å². The van der Waals surface area contributed by atoms with Gasteiger partial charge in [-0.2, -0.15) is 0 Å². The summed E-state index contributed by atoms with van der Waals surface area (Å²) in [5.74, 6) is 0. The molecule has 14 heavy (non-hydrogen) atoms. The highest BCUT2D eigenvalue weighted by Gasteiger charge is 2.11. The normalized spacial score (nSPS) is 16.1. The molecule has 0 aromatic heterocycles. The van der Waals surface area contributed by atoms with Crippen LogP contribution >= 0.6 is 0 Å². The molecule has 0 amide bonds. The molecule has 0 radical (unpaired) electrons. The first-order valence-corrected chi connectivity index (χ1v) is 5.67. The van der Waals surface area contributed by atoms with E-state index in [1.165, 1.54) is 25.7 Å². The fourth-order valence-corrected chi connectivity index (χ4v) is 1.80. The largest absolute Gasteiger partial charge is 0.314 e. The van der Waals surface area contributed by atoms with Crippen LogP contribution in [0.15, 0.2) is 36.4 Å². The number of benzene rings is 1. The van der Waals surface area contributed by atoms with Crippen molar-refractivity contribution in [3.05, 3.63) is 36.4 Å². The molecule has 2 rings (SSSR count). The van der Waals surface area contributed by atoms with Crippen molar-refractivity contribution in [2.24, 2.45) is 0 Å².